The Morgan fingerprint density at radius 1 is 1.33 bits per heavy atom. The number of nitrogen functional groups attached to an aromatic ring is 1. The van der Waals surface area contributed by atoms with Gasteiger partial charge >= 0.3 is 5.97 Å². The molecular formula is C19H23ClN4O6. The van der Waals surface area contributed by atoms with Crippen molar-refractivity contribution >= 4 is 47.3 Å². The Morgan fingerprint density at radius 2 is 2.03 bits per heavy atom. The van der Waals surface area contributed by atoms with Gasteiger partial charge in [-0.15, -0.1) is 0 Å². The molecular weight excluding hydrogens is 416 g/mol. The third-order valence-corrected chi connectivity index (χ3v) is 5.03. The first-order valence-electron chi connectivity index (χ1n) is 9.27. The van der Waals surface area contributed by atoms with E-state index < -0.39 is 48.2 Å². The molecule has 1 aromatic carbocycles. The monoisotopic (exact) mass is 438 g/mol. The Morgan fingerprint density at radius 3 is 2.63 bits per heavy atom. The SMILES string of the molecule is C[C@H](NC(=O)c1ccc(N)c(Cl)c1)C(=O)N1CCC[C@H]1C(=O)NC(C=O)CC(=O)O. The summed E-state index contributed by atoms with van der Waals surface area (Å²) in [4.78, 5) is 60.7. The van der Waals surface area contributed by atoms with Crippen molar-refractivity contribution in [1.29, 1.82) is 0 Å². The van der Waals surface area contributed by atoms with Crippen molar-refractivity contribution in [2.75, 3.05) is 12.3 Å². The van der Waals surface area contributed by atoms with Gasteiger partial charge in [-0.3, -0.25) is 19.2 Å². The van der Waals surface area contributed by atoms with Gasteiger partial charge in [-0.25, -0.2) is 0 Å². The largest absolute Gasteiger partial charge is 0.481 e. The lowest BCUT2D eigenvalue weighted by atomic mass is 10.1. The summed E-state index contributed by atoms with van der Waals surface area (Å²) in [5.41, 5.74) is 6.17. The molecule has 3 amide bonds. The molecule has 0 bridgehead atoms. The quantitative estimate of drug-likeness (QED) is 0.333. The van der Waals surface area contributed by atoms with E-state index in [1.165, 1.54) is 30.0 Å². The van der Waals surface area contributed by atoms with Crippen LogP contribution in [0.3, 0.4) is 0 Å². The maximum Gasteiger partial charge on any atom is 0.305 e. The molecule has 0 aliphatic carbocycles. The summed E-state index contributed by atoms with van der Waals surface area (Å²) in [6.07, 6.45) is 0.716. The van der Waals surface area contributed by atoms with Crippen molar-refractivity contribution in [2.24, 2.45) is 0 Å². The Labute approximate surface area is 177 Å². The highest BCUT2D eigenvalue weighted by molar-refractivity contribution is 6.33. The third kappa shape index (κ3) is 5.69. The highest BCUT2D eigenvalue weighted by atomic mass is 35.5. The van der Waals surface area contributed by atoms with Crippen LogP contribution in [0.15, 0.2) is 18.2 Å². The topological polar surface area (TPSA) is 159 Å². The van der Waals surface area contributed by atoms with E-state index in [0.717, 1.165) is 0 Å². The maximum absolute atomic E-state index is 12.8. The number of hydrogen-bond acceptors (Lipinski definition) is 6. The molecule has 1 unspecified atom stereocenters. The Hall–Kier alpha value is -3.14. The van der Waals surface area contributed by atoms with Crippen LogP contribution < -0.4 is 16.4 Å². The predicted molar refractivity (Wildman–Crippen MR) is 108 cm³/mol. The minimum atomic E-state index is -1.23. The van der Waals surface area contributed by atoms with Gasteiger partial charge in [0.25, 0.3) is 5.91 Å². The van der Waals surface area contributed by atoms with Gasteiger partial charge < -0.3 is 31.2 Å². The summed E-state index contributed by atoms with van der Waals surface area (Å²) in [5, 5.41) is 13.9. The summed E-state index contributed by atoms with van der Waals surface area (Å²) in [6.45, 7) is 1.79. The molecule has 11 heteroatoms. The molecule has 10 nitrogen and oxygen atoms in total. The molecule has 1 aromatic rings. The van der Waals surface area contributed by atoms with Crippen molar-refractivity contribution in [3.05, 3.63) is 28.8 Å². The smallest absolute Gasteiger partial charge is 0.305 e. The zero-order valence-corrected chi connectivity index (χ0v) is 17.0. The number of nitrogens with one attached hydrogen (secondary N) is 2. The second-order valence-electron chi connectivity index (χ2n) is 6.97. The highest BCUT2D eigenvalue weighted by Gasteiger charge is 2.37. The van der Waals surface area contributed by atoms with Gasteiger partial charge in [0.1, 0.15) is 18.4 Å². The van der Waals surface area contributed by atoms with Crippen LogP contribution in [0, 0.1) is 0 Å². The molecule has 1 heterocycles. The molecule has 0 aromatic heterocycles. The second kappa shape index (κ2) is 10.1. The van der Waals surface area contributed by atoms with E-state index in [2.05, 4.69) is 10.6 Å². The summed E-state index contributed by atoms with van der Waals surface area (Å²) in [5.74, 6) is -2.84. The van der Waals surface area contributed by atoms with Gasteiger partial charge in [0.15, 0.2) is 0 Å². The molecule has 0 radical (unpaired) electrons. The lowest BCUT2D eigenvalue weighted by Crippen LogP contribution is -2.54. The molecule has 1 aliphatic rings. The van der Waals surface area contributed by atoms with Crippen LogP contribution in [0.5, 0.6) is 0 Å². The number of anilines is 1. The van der Waals surface area contributed by atoms with Gasteiger partial charge in [-0.05, 0) is 38.0 Å². The average Bonchev–Trinajstić information content (AvgIpc) is 3.18. The van der Waals surface area contributed by atoms with E-state index in [4.69, 9.17) is 22.4 Å². The minimum Gasteiger partial charge on any atom is -0.481 e. The number of carboxylic acid groups (broad SMARTS) is 1. The van der Waals surface area contributed by atoms with Crippen LogP contribution in [0.2, 0.25) is 5.02 Å². The molecule has 1 fully saturated rings. The highest BCUT2D eigenvalue weighted by Crippen LogP contribution is 2.21. The minimum absolute atomic E-state index is 0.212. The van der Waals surface area contributed by atoms with E-state index in [9.17, 15) is 24.0 Å². The van der Waals surface area contributed by atoms with Crippen LogP contribution in [-0.4, -0.2) is 64.7 Å². The molecule has 2 rings (SSSR count). The zero-order chi connectivity index (χ0) is 22.4. The van der Waals surface area contributed by atoms with Crippen LogP contribution >= 0.6 is 11.6 Å². The summed E-state index contributed by atoms with van der Waals surface area (Å²) in [6, 6.07) is 1.38. The first kappa shape index (κ1) is 23.1. The standard InChI is InChI=1S/C19H23ClN4O6/c1-10(22-17(28)11-4-5-14(21)13(20)7-11)19(30)24-6-2-3-15(24)18(29)23-12(9-25)8-16(26)27/h4-5,7,9-10,12,15H,2-3,6,8,21H2,1H3,(H,22,28)(H,23,29)(H,26,27)/t10-,12?,15-/m0/s1. The molecule has 1 aliphatic heterocycles. The number of aliphatic carboxylic acids is 1. The predicted octanol–water partition coefficient (Wildman–Crippen LogP) is 0.190. The van der Waals surface area contributed by atoms with E-state index in [-0.39, 0.29) is 10.6 Å². The number of carbonyl (C=O) groups excluding carboxylic acids is 4. The van der Waals surface area contributed by atoms with E-state index in [1.807, 2.05) is 0 Å². The van der Waals surface area contributed by atoms with Crippen molar-refractivity contribution in [3.8, 4) is 0 Å². The lowest BCUT2D eigenvalue weighted by molar-refractivity contribution is -0.141. The Bertz CT molecular complexity index is 861. The number of benzene rings is 1. The van der Waals surface area contributed by atoms with E-state index >= 15 is 0 Å². The Balaban J connectivity index is 2.02. The number of nitrogens with zero attached hydrogens (tertiary/aromatic N) is 1. The maximum atomic E-state index is 12.8. The van der Waals surface area contributed by atoms with Crippen LogP contribution in [-0.2, 0) is 19.2 Å². The molecule has 5 N–H and O–H groups in total. The van der Waals surface area contributed by atoms with Gasteiger partial charge in [0.2, 0.25) is 11.8 Å². The lowest BCUT2D eigenvalue weighted by Gasteiger charge is -2.27. The Kier molecular flexibility index (Phi) is 7.76. The molecule has 1 saturated heterocycles. The summed E-state index contributed by atoms with van der Waals surface area (Å²) < 4.78 is 0. The fourth-order valence-electron chi connectivity index (χ4n) is 3.16. The van der Waals surface area contributed by atoms with Crippen LogP contribution in [0.25, 0.3) is 0 Å². The fourth-order valence-corrected chi connectivity index (χ4v) is 3.34. The van der Waals surface area contributed by atoms with Gasteiger partial charge in [-0.2, -0.15) is 0 Å². The van der Waals surface area contributed by atoms with Gasteiger partial charge in [-0.1, -0.05) is 11.6 Å². The number of rotatable bonds is 8. The fraction of sp³-hybridized carbons (Fsp3) is 0.421. The normalized spacial score (nSPS) is 17.7. The van der Waals surface area contributed by atoms with Crippen molar-refractivity contribution in [3.63, 3.8) is 0 Å². The van der Waals surface area contributed by atoms with Crippen molar-refractivity contribution < 1.29 is 29.1 Å². The van der Waals surface area contributed by atoms with Crippen LogP contribution in [0.4, 0.5) is 5.69 Å². The first-order chi connectivity index (χ1) is 14.1. The summed E-state index contributed by atoms with van der Waals surface area (Å²) in [7, 11) is 0. The molecule has 0 saturated carbocycles. The van der Waals surface area contributed by atoms with E-state index in [1.54, 1.807) is 0 Å². The van der Waals surface area contributed by atoms with Crippen LogP contribution in [0.1, 0.15) is 36.5 Å². The number of amides is 3. The van der Waals surface area contributed by atoms with Crippen molar-refractivity contribution in [2.45, 2.75) is 44.3 Å². The second-order valence-corrected chi connectivity index (χ2v) is 7.38. The number of carboxylic acids is 1. The van der Waals surface area contributed by atoms with Crippen molar-refractivity contribution in [1.82, 2.24) is 15.5 Å². The number of halogens is 1. The number of likely N-dealkylation sites (tertiary alicyclic amines) is 1. The molecule has 3 atom stereocenters. The molecule has 162 valence electrons. The third-order valence-electron chi connectivity index (χ3n) is 4.71. The molecule has 30 heavy (non-hydrogen) atoms. The number of nitrogens with two attached hydrogens (primary N) is 1. The van der Waals surface area contributed by atoms with Gasteiger partial charge in [0, 0.05) is 12.1 Å². The molecule has 0 spiro atoms. The first-order valence-corrected chi connectivity index (χ1v) is 9.65. The van der Waals surface area contributed by atoms with E-state index in [0.29, 0.717) is 31.4 Å². The average molecular weight is 439 g/mol. The number of aldehydes is 1. The summed E-state index contributed by atoms with van der Waals surface area (Å²) >= 11 is 5.91. The number of carbonyl (C=O) groups is 5. The zero-order valence-electron chi connectivity index (χ0n) is 16.3. The number of hydrogen-bond donors (Lipinski definition) is 4. The van der Waals surface area contributed by atoms with Gasteiger partial charge in [0.05, 0.1) is 23.2 Å².